The van der Waals surface area contributed by atoms with Crippen molar-refractivity contribution in [2.75, 3.05) is 18.5 Å². The molecule has 4 aromatic rings. The summed E-state index contributed by atoms with van der Waals surface area (Å²) >= 11 is 0. The van der Waals surface area contributed by atoms with Crippen LogP contribution in [0.4, 0.5) is 24.8 Å². The molecular formula is C31H36F3N5O2. The molecule has 0 amide bonds. The fourth-order valence-electron chi connectivity index (χ4n) is 5.53. The number of hydrogen-bond donors (Lipinski definition) is 2. The van der Waals surface area contributed by atoms with Gasteiger partial charge in [0, 0.05) is 37.1 Å². The topological polar surface area (TPSA) is 73.2 Å². The maximum atomic E-state index is 12.6. The van der Waals surface area contributed by atoms with Gasteiger partial charge in [-0.2, -0.15) is 0 Å². The van der Waals surface area contributed by atoms with Crippen LogP contribution in [-0.4, -0.2) is 34.0 Å². The van der Waals surface area contributed by atoms with Crippen molar-refractivity contribution in [2.45, 2.75) is 65.4 Å². The monoisotopic (exact) mass is 567 g/mol. The second kappa shape index (κ2) is 12.0. The molecule has 0 saturated heterocycles. The lowest BCUT2D eigenvalue weighted by Gasteiger charge is -2.36. The number of anilines is 2. The van der Waals surface area contributed by atoms with Gasteiger partial charge < -0.3 is 24.7 Å². The molecule has 1 atom stereocenters. The molecule has 1 aliphatic carbocycles. The lowest BCUT2D eigenvalue weighted by molar-refractivity contribution is -0.274. The van der Waals surface area contributed by atoms with E-state index in [1.807, 2.05) is 37.3 Å². The molecule has 2 heterocycles. The summed E-state index contributed by atoms with van der Waals surface area (Å²) in [6.07, 6.45) is 1.39. The van der Waals surface area contributed by atoms with Crippen LogP contribution in [0.3, 0.4) is 0 Å². The van der Waals surface area contributed by atoms with Gasteiger partial charge in [0.2, 0.25) is 5.95 Å². The molecule has 0 spiro atoms. The fraction of sp³-hybridized carbons (Fsp3) is 0.419. The summed E-state index contributed by atoms with van der Waals surface area (Å²) in [7, 11) is 0. The Bertz CT molecular complexity index is 1470. The number of halogens is 3. The molecule has 10 heteroatoms. The van der Waals surface area contributed by atoms with Crippen LogP contribution in [0.1, 0.15) is 56.8 Å². The Kier molecular flexibility index (Phi) is 8.40. The lowest BCUT2D eigenvalue weighted by Crippen LogP contribution is -2.25. The number of benzene rings is 2. The highest BCUT2D eigenvalue weighted by atomic mass is 19.4. The van der Waals surface area contributed by atoms with E-state index in [-0.39, 0.29) is 17.2 Å². The normalized spacial score (nSPS) is 17.0. The predicted octanol–water partition coefficient (Wildman–Crippen LogP) is 7.69. The van der Waals surface area contributed by atoms with Crippen LogP contribution >= 0.6 is 0 Å². The van der Waals surface area contributed by atoms with Gasteiger partial charge in [-0.15, -0.1) is 13.2 Å². The van der Waals surface area contributed by atoms with Crippen LogP contribution in [0.2, 0.25) is 0 Å². The average molecular weight is 568 g/mol. The summed E-state index contributed by atoms with van der Waals surface area (Å²) in [5, 5.41) is 6.70. The molecule has 2 aromatic heterocycles. The first kappa shape index (κ1) is 28.7. The molecule has 2 N–H and O–H groups in total. The number of aryl methyl sites for hydroxylation is 1. The van der Waals surface area contributed by atoms with E-state index in [1.54, 1.807) is 18.3 Å². The largest absolute Gasteiger partial charge is 0.573 e. The van der Waals surface area contributed by atoms with Gasteiger partial charge in [-0.05, 0) is 79.6 Å². The van der Waals surface area contributed by atoms with Crippen molar-refractivity contribution in [1.29, 1.82) is 0 Å². The van der Waals surface area contributed by atoms with Crippen LogP contribution in [-0.2, 0) is 6.54 Å². The number of hydrogen-bond acceptors (Lipinski definition) is 6. The first-order chi connectivity index (χ1) is 19.6. The summed E-state index contributed by atoms with van der Waals surface area (Å²) in [4.78, 5) is 9.31. The molecule has 5 rings (SSSR count). The second-order valence-corrected chi connectivity index (χ2v) is 11.4. The third-order valence-corrected chi connectivity index (χ3v) is 7.51. The molecule has 41 heavy (non-hydrogen) atoms. The molecule has 1 unspecified atom stereocenters. The number of alkyl halides is 3. The van der Waals surface area contributed by atoms with Crippen molar-refractivity contribution in [3.05, 3.63) is 72.1 Å². The molecule has 1 aliphatic rings. The van der Waals surface area contributed by atoms with Crippen LogP contribution in [0, 0.1) is 12.3 Å². The van der Waals surface area contributed by atoms with E-state index < -0.39 is 6.36 Å². The Morgan fingerprint density at radius 1 is 1.07 bits per heavy atom. The Morgan fingerprint density at radius 2 is 1.85 bits per heavy atom. The van der Waals surface area contributed by atoms with Gasteiger partial charge in [0.1, 0.15) is 18.1 Å². The molecule has 2 aromatic carbocycles. The third kappa shape index (κ3) is 7.49. The quantitative estimate of drug-likeness (QED) is 0.191. The Morgan fingerprint density at radius 3 is 2.59 bits per heavy atom. The standard InChI is InChI=1S/C31H36F3N5O2/c1-21-6-5-15-36-27(21)20-35-16-17-40-25-12-13-28-26(18-25)38-29(39(28)23-7-4-14-30(2,3)19-23)37-22-8-10-24(11-9-22)41-31(32,33)34/h5-6,8-13,15,18,23,35H,4,7,14,16-17,19-20H2,1-3H3,(H,37,38). The number of nitrogens with zero attached hydrogens (tertiary/aromatic N) is 3. The van der Waals surface area contributed by atoms with E-state index in [4.69, 9.17) is 9.72 Å². The van der Waals surface area contributed by atoms with Crippen LogP contribution in [0.25, 0.3) is 11.0 Å². The van der Waals surface area contributed by atoms with Gasteiger partial charge in [0.05, 0.1) is 16.7 Å². The van der Waals surface area contributed by atoms with E-state index in [1.165, 1.54) is 18.6 Å². The first-order valence-electron chi connectivity index (χ1n) is 14.0. The SMILES string of the molecule is Cc1cccnc1CNCCOc1ccc2c(c1)nc(Nc1ccc(OC(F)(F)F)cc1)n2C1CCCC(C)(C)C1. The zero-order chi connectivity index (χ0) is 29.0. The number of imidazole rings is 1. The number of nitrogens with one attached hydrogen (secondary N) is 2. The predicted molar refractivity (Wildman–Crippen MR) is 154 cm³/mol. The summed E-state index contributed by atoms with van der Waals surface area (Å²) in [5.74, 6) is 1.11. The minimum absolute atomic E-state index is 0.206. The summed E-state index contributed by atoms with van der Waals surface area (Å²) in [5.41, 5.74) is 4.78. The molecular weight excluding hydrogens is 531 g/mol. The van der Waals surface area contributed by atoms with Crippen molar-refractivity contribution in [3.63, 3.8) is 0 Å². The van der Waals surface area contributed by atoms with Crippen molar-refractivity contribution < 1.29 is 22.6 Å². The summed E-state index contributed by atoms with van der Waals surface area (Å²) in [6.45, 7) is 8.46. The van der Waals surface area contributed by atoms with E-state index in [9.17, 15) is 13.2 Å². The van der Waals surface area contributed by atoms with Gasteiger partial charge in [-0.3, -0.25) is 4.98 Å². The first-order valence-corrected chi connectivity index (χ1v) is 14.0. The van der Waals surface area contributed by atoms with Crippen LogP contribution in [0.15, 0.2) is 60.8 Å². The van der Waals surface area contributed by atoms with Crippen molar-refractivity contribution in [3.8, 4) is 11.5 Å². The Balaban J connectivity index is 1.32. The molecule has 0 bridgehead atoms. The maximum absolute atomic E-state index is 12.6. The average Bonchev–Trinajstić information content (AvgIpc) is 3.26. The number of pyridine rings is 1. The number of fused-ring (bicyclic) bond motifs is 1. The highest BCUT2D eigenvalue weighted by Gasteiger charge is 2.32. The van der Waals surface area contributed by atoms with E-state index in [2.05, 4.69) is 38.8 Å². The third-order valence-electron chi connectivity index (χ3n) is 7.51. The number of aromatic nitrogens is 3. The van der Waals surface area contributed by atoms with Crippen LogP contribution in [0.5, 0.6) is 11.5 Å². The summed E-state index contributed by atoms with van der Waals surface area (Å²) in [6, 6.07) is 15.9. The fourth-order valence-corrected chi connectivity index (χ4v) is 5.53. The van der Waals surface area contributed by atoms with Gasteiger partial charge in [0.25, 0.3) is 0 Å². The van der Waals surface area contributed by atoms with Crippen molar-refractivity contribution in [2.24, 2.45) is 5.41 Å². The second-order valence-electron chi connectivity index (χ2n) is 11.4. The zero-order valence-corrected chi connectivity index (χ0v) is 23.6. The zero-order valence-electron chi connectivity index (χ0n) is 23.6. The minimum atomic E-state index is -4.73. The van der Waals surface area contributed by atoms with Gasteiger partial charge in [-0.25, -0.2) is 4.98 Å². The highest BCUT2D eigenvalue weighted by molar-refractivity contribution is 5.81. The summed E-state index contributed by atoms with van der Waals surface area (Å²) < 4.78 is 50.1. The molecule has 0 radical (unpaired) electrons. The number of rotatable bonds is 10. The van der Waals surface area contributed by atoms with Gasteiger partial charge in [0.15, 0.2) is 0 Å². The number of ether oxygens (including phenoxy) is 2. The van der Waals surface area contributed by atoms with E-state index >= 15 is 0 Å². The van der Waals surface area contributed by atoms with E-state index in [0.29, 0.717) is 31.3 Å². The van der Waals surface area contributed by atoms with Crippen LogP contribution < -0.4 is 20.1 Å². The van der Waals surface area contributed by atoms with E-state index in [0.717, 1.165) is 47.3 Å². The molecule has 218 valence electrons. The van der Waals surface area contributed by atoms with Crippen molar-refractivity contribution in [1.82, 2.24) is 19.9 Å². The van der Waals surface area contributed by atoms with Gasteiger partial charge >= 0.3 is 6.36 Å². The molecule has 0 aliphatic heterocycles. The molecule has 1 fully saturated rings. The van der Waals surface area contributed by atoms with Gasteiger partial charge in [-0.1, -0.05) is 26.3 Å². The lowest BCUT2D eigenvalue weighted by atomic mass is 9.75. The van der Waals surface area contributed by atoms with Crippen molar-refractivity contribution >= 4 is 22.7 Å². The molecule has 1 saturated carbocycles. The molecule has 7 nitrogen and oxygen atoms in total. The Labute approximate surface area is 238 Å². The maximum Gasteiger partial charge on any atom is 0.573 e. The minimum Gasteiger partial charge on any atom is -0.492 e. The Hall–Kier alpha value is -3.79. The smallest absolute Gasteiger partial charge is 0.492 e. The highest BCUT2D eigenvalue weighted by Crippen LogP contribution is 2.44.